The predicted octanol–water partition coefficient (Wildman–Crippen LogP) is 3.64. The number of hydrogen-bond donors (Lipinski definition) is 1. The quantitative estimate of drug-likeness (QED) is 0.496. The molecule has 0 saturated carbocycles. The number of aliphatic hydroxyl groups is 1. The first-order chi connectivity index (χ1) is 9.77. The SMILES string of the molecule is C=C(C(=O)OCCCC)C(O)c1ccc(C(F)(F)F)cc1. The van der Waals surface area contributed by atoms with Crippen molar-refractivity contribution in [2.24, 2.45) is 0 Å². The summed E-state index contributed by atoms with van der Waals surface area (Å²) in [6.07, 6.45) is -4.29. The number of aliphatic hydroxyl groups excluding tert-OH is 1. The Balaban J connectivity index is 2.72. The molecule has 0 aliphatic rings. The largest absolute Gasteiger partial charge is 0.462 e. The lowest BCUT2D eigenvalue weighted by molar-refractivity contribution is -0.140. The number of unbranched alkanes of at least 4 members (excludes halogenated alkanes) is 1. The molecular formula is C15H17F3O3. The second kappa shape index (κ2) is 7.26. The number of esters is 1. The Labute approximate surface area is 121 Å². The van der Waals surface area contributed by atoms with Crippen molar-refractivity contribution in [3.05, 3.63) is 47.5 Å². The Morgan fingerprint density at radius 1 is 1.33 bits per heavy atom. The molecule has 0 saturated heterocycles. The highest BCUT2D eigenvalue weighted by molar-refractivity contribution is 5.89. The van der Waals surface area contributed by atoms with Crippen molar-refractivity contribution >= 4 is 5.97 Å². The molecule has 21 heavy (non-hydrogen) atoms. The molecule has 0 fully saturated rings. The van der Waals surface area contributed by atoms with E-state index < -0.39 is 23.8 Å². The third kappa shape index (κ3) is 4.90. The second-order valence-corrected chi connectivity index (χ2v) is 4.54. The molecule has 1 atom stereocenters. The molecule has 0 amide bonds. The first-order valence-electron chi connectivity index (χ1n) is 6.48. The highest BCUT2D eigenvalue weighted by atomic mass is 19.4. The minimum atomic E-state index is -4.44. The van der Waals surface area contributed by atoms with Gasteiger partial charge in [0.1, 0.15) is 6.10 Å². The van der Waals surface area contributed by atoms with Crippen molar-refractivity contribution in [1.29, 1.82) is 0 Å². The fourth-order valence-corrected chi connectivity index (χ4v) is 1.57. The Hall–Kier alpha value is -1.82. The van der Waals surface area contributed by atoms with Gasteiger partial charge in [0, 0.05) is 0 Å². The monoisotopic (exact) mass is 302 g/mol. The van der Waals surface area contributed by atoms with Crippen LogP contribution in [0.3, 0.4) is 0 Å². The van der Waals surface area contributed by atoms with Gasteiger partial charge in [-0.1, -0.05) is 32.1 Å². The van der Waals surface area contributed by atoms with Crippen LogP contribution >= 0.6 is 0 Å². The summed E-state index contributed by atoms with van der Waals surface area (Å²) < 4.78 is 42.2. The lowest BCUT2D eigenvalue weighted by Gasteiger charge is -2.14. The van der Waals surface area contributed by atoms with Gasteiger partial charge in [-0.15, -0.1) is 0 Å². The van der Waals surface area contributed by atoms with Gasteiger partial charge in [-0.3, -0.25) is 0 Å². The van der Waals surface area contributed by atoms with E-state index in [0.29, 0.717) is 6.42 Å². The first-order valence-corrected chi connectivity index (χ1v) is 6.48. The van der Waals surface area contributed by atoms with Crippen LogP contribution in [0.2, 0.25) is 0 Å². The molecule has 0 spiro atoms. The lowest BCUT2D eigenvalue weighted by atomic mass is 10.0. The van der Waals surface area contributed by atoms with E-state index in [1.54, 1.807) is 0 Å². The Kier molecular flexibility index (Phi) is 5.96. The number of carbonyl (C=O) groups excluding carboxylic acids is 1. The standard InChI is InChI=1S/C15H17F3O3/c1-3-4-9-21-14(20)10(2)13(19)11-5-7-12(8-6-11)15(16,17)18/h5-8,13,19H,2-4,9H2,1H3. The Morgan fingerprint density at radius 2 is 1.90 bits per heavy atom. The van der Waals surface area contributed by atoms with Crippen molar-refractivity contribution in [3.8, 4) is 0 Å². The Bertz CT molecular complexity index is 492. The van der Waals surface area contributed by atoms with Crippen LogP contribution in [0.5, 0.6) is 0 Å². The van der Waals surface area contributed by atoms with Gasteiger partial charge in [0.2, 0.25) is 0 Å². The van der Waals surface area contributed by atoms with E-state index in [-0.39, 0.29) is 17.7 Å². The predicted molar refractivity (Wildman–Crippen MR) is 71.4 cm³/mol. The van der Waals surface area contributed by atoms with Gasteiger partial charge >= 0.3 is 12.1 Å². The fourth-order valence-electron chi connectivity index (χ4n) is 1.57. The molecule has 6 heteroatoms. The molecule has 1 unspecified atom stereocenters. The average molecular weight is 302 g/mol. The van der Waals surface area contributed by atoms with Gasteiger partial charge < -0.3 is 9.84 Å². The van der Waals surface area contributed by atoms with Crippen LogP contribution in [-0.4, -0.2) is 17.7 Å². The van der Waals surface area contributed by atoms with Crippen LogP contribution in [0, 0.1) is 0 Å². The van der Waals surface area contributed by atoms with Crippen molar-refractivity contribution in [2.45, 2.75) is 32.0 Å². The first kappa shape index (κ1) is 17.2. The number of ether oxygens (including phenoxy) is 1. The summed E-state index contributed by atoms with van der Waals surface area (Å²) in [4.78, 5) is 11.6. The zero-order valence-corrected chi connectivity index (χ0v) is 11.6. The van der Waals surface area contributed by atoms with E-state index >= 15 is 0 Å². The minimum Gasteiger partial charge on any atom is -0.462 e. The maximum absolute atomic E-state index is 12.4. The summed E-state index contributed by atoms with van der Waals surface area (Å²) in [5, 5.41) is 9.93. The van der Waals surface area contributed by atoms with E-state index in [4.69, 9.17) is 4.74 Å². The number of halogens is 3. The zero-order valence-electron chi connectivity index (χ0n) is 11.6. The van der Waals surface area contributed by atoms with Gasteiger partial charge in [0.15, 0.2) is 0 Å². The summed E-state index contributed by atoms with van der Waals surface area (Å²) in [6, 6.07) is 3.90. The van der Waals surface area contributed by atoms with Crippen molar-refractivity contribution in [1.82, 2.24) is 0 Å². The van der Waals surface area contributed by atoms with Gasteiger partial charge in [0.05, 0.1) is 17.7 Å². The topological polar surface area (TPSA) is 46.5 Å². The summed E-state index contributed by atoms with van der Waals surface area (Å²) in [7, 11) is 0. The number of alkyl halides is 3. The molecule has 1 aromatic carbocycles. The lowest BCUT2D eigenvalue weighted by Crippen LogP contribution is -2.14. The van der Waals surface area contributed by atoms with Crippen LogP contribution in [0.15, 0.2) is 36.4 Å². The fraction of sp³-hybridized carbons (Fsp3) is 0.400. The maximum atomic E-state index is 12.4. The molecule has 0 aromatic heterocycles. The van der Waals surface area contributed by atoms with Gasteiger partial charge in [0.25, 0.3) is 0 Å². The van der Waals surface area contributed by atoms with Crippen LogP contribution < -0.4 is 0 Å². The zero-order chi connectivity index (χ0) is 16.0. The van der Waals surface area contributed by atoms with Crippen molar-refractivity contribution in [2.75, 3.05) is 6.61 Å². The molecule has 1 aromatic rings. The third-order valence-corrected chi connectivity index (χ3v) is 2.88. The third-order valence-electron chi connectivity index (χ3n) is 2.88. The van der Waals surface area contributed by atoms with Crippen LogP contribution in [-0.2, 0) is 15.7 Å². The maximum Gasteiger partial charge on any atom is 0.416 e. The summed E-state index contributed by atoms with van der Waals surface area (Å²) in [6.45, 7) is 5.58. The van der Waals surface area contributed by atoms with E-state index in [2.05, 4.69) is 6.58 Å². The number of hydrogen-bond acceptors (Lipinski definition) is 3. The molecule has 0 radical (unpaired) electrons. The second-order valence-electron chi connectivity index (χ2n) is 4.54. The van der Waals surface area contributed by atoms with Crippen molar-refractivity contribution < 1.29 is 27.8 Å². The minimum absolute atomic E-state index is 0.153. The molecule has 1 rings (SSSR count). The van der Waals surface area contributed by atoms with E-state index in [1.165, 1.54) is 0 Å². The molecule has 0 bridgehead atoms. The average Bonchev–Trinajstić information content (AvgIpc) is 2.45. The summed E-state index contributed by atoms with van der Waals surface area (Å²) in [5.74, 6) is -0.754. The highest BCUT2D eigenvalue weighted by Gasteiger charge is 2.30. The van der Waals surface area contributed by atoms with E-state index in [1.807, 2.05) is 6.92 Å². The summed E-state index contributed by atoms with van der Waals surface area (Å²) >= 11 is 0. The molecule has 116 valence electrons. The molecule has 3 nitrogen and oxygen atoms in total. The number of benzene rings is 1. The Morgan fingerprint density at radius 3 is 2.38 bits per heavy atom. The van der Waals surface area contributed by atoms with Crippen LogP contribution in [0.4, 0.5) is 13.2 Å². The van der Waals surface area contributed by atoms with Crippen LogP contribution in [0.25, 0.3) is 0 Å². The van der Waals surface area contributed by atoms with Gasteiger partial charge in [-0.25, -0.2) is 4.79 Å². The van der Waals surface area contributed by atoms with E-state index in [9.17, 15) is 23.1 Å². The molecule has 1 N–H and O–H groups in total. The number of carbonyl (C=O) groups is 1. The number of rotatable bonds is 6. The normalized spacial score (nSPS) is 12.8. The van der Waals surface area contributed by atoms with Crippen molar-refractivity contribution in [3.63, 3.8) is 0 Å². The van der Waals surface area contributed by atoms with Gasteiger partial charge in [-0.05, 0) is 24.1 Å². The van der Waals surface area contributed by atoms with Gasteiger partial charge in [-0.2, -0.15) is 13.2 Å². The highest BCUT2D eigenvalue weighted by Crippen LogP contribution is 2.30. The van der Waals surface area contributed by atoms with E-state index in [0.717, 1.165) is 30.7 Å². The summed E-state index contributed by atoms with van der Waals surface area (Å²) in [5.41, 5.74) is -0.874. The van der Waals surface area contributed by atoms with Crippen LogP contribution in [0.1, 0.15) is 37.0 Å². The molecule has 0 aliphatic carbocycles. The molecular weight excluding hydrogens is 285 g/mol. The molecule has 0 heterocycles. The smallest absolute Gasteiger partial charge is 0.416 e. The molecule has 0 aliphatic heterocycles.